The zero-order valence-corrected chi connectivity index (χ0v) is 10.7. The van der Waals surface area contributed by atoms with Gasteiger partial charge in [0.1, 0.15) is 11.5 Å². The monoisotopic (exact) mass is 230 g/mol. The summed E-state index contributed by atoms with van der Waals surface area (Å²) in [5.74, 6) is 1.13. The van der Waals surface area contributed by atoms with E-state index in [2.05, 4.69) is 50.9 Å². The Bertz CT molecular complexity index is 541. The van der Waals surface area contributed by atoms with Gasteiger partial charge in [-0.05, 0) is 25.5 Å². The van der Waals surface area contributed by atoms with Gasteiger partial charge in [0.05, 0.1) is 0 Å². The highest BCUT2D eigenvalue weighted by Crippen LogP contribution is 2.32. The molecule has 3 nitrogen and oxygen atoms in total. The highest BCUT2D eigenvalue weighted by molar-refractivity contribution is 5.67. The second-order valence-corrected chi connectivity index (χ2v) is 4.74. The average molecular weight is 230 g/mol. The Labute approximate surface area is 102 Å². The van der Waals surface area contributed by atoms with Gasteiger partial charge in [0.15, 0.2) is 0 Å². The van der Waals surface area contributed by atoms with Crippen LogP contribution >= 0.6 is 0 Å². The Morgan fingerprint density at radius 3 is 2.59 bits per heavy atom. The van der Waals surface area contributed by atoms with Crippen LogP contribution in [-0.2, 0) is 0 Å². The van der Waals surface area contributed by atoms with E-state index in [4.69, 9.17) is 10.2 Å². The van der Waals surface area contributed by atoms with Crippen molar-refractivity contribution in [3.63, 3.8) is 0 Å². The quantitative estimate of drug-likeness (QED) is 0.856. The number of hydrogen-bond donors (Lipinski definition) is 1. The molecular formula is C14H18N2O. The largest absolute Gasteiger partial charge is 0.428 e. The number of hydrogen-bond acceptors (Lipinski definition) is 3. The van der Waals surface area contributed by atoms with Crippen molar-refractivity contribution in [1.29, 1.82) is 0 Å². The first-order valence-corrected chi connectivity index (χ1v) is 5.83. The van der Waals surface area contributed by atoms with Crippen LogP contribution in [-0.4, -0.2) is 4.98 Å². The first kappa shape index (κ1) is 11.7. The third-order valence-electron chi connectivity index (χ3n) is 2.84. The van der Waals surface area contributed by atoms with E-state index in [0.717, 1.165) is 17.0 Å². The summed E-state index contributed by atoms with van der Waals surface area (Å²) in [5.41, 5.74) is 10.0. The van der Waals surface area contributed by atoms with Crippen molar-refractivity contribution in [2.75, 3.05) is 5.73 Å². The first-order chi connectivity index (χ1) is 7.99. The number of nitrogens with two attached hydrogens (primary N) is 1. The molecule has 2 aromatic rings. The molecule has 90 valence electrons. The van der Waals surface area contributed by atoms with Crippen LogP contribution in [0.25, 0.3) is 11.3 Å². The Morgan fingerprint density at radius 1 is 1.24 bits per heavy atom. The highest BCUT2D eigenvalue weighted by Gasteiger charge is 2.17. The van der Waals surface area contributed by atoms with Gasteiger partial charge in [0.25, 0.3) is 6.01 Å². The van der Waals surface area contributed by atoms with Gasteiger partial charge in [-0.25, -0.2) is 0 Å². The first-order valence-electron chi connectivity index (χ1n) is 5.83. The normalized spacial score (nSPS) is 11.1. The van der Waals surface area contributed by atoms with E-state index in [1.165, 1.54) is 11.1 Å². The van der Waals surface area contributed by atoms with Crippen molar-refractivity contribution in [1.82, 2.24) is 4.98 Å². The fraction of sp³-hybridized carbons (Fsp3) is 0.357. The summed E-state index contributed by atoms with van der Waals surface area (Å²) < 4.78 is 5.49. The van der Waals surface area contributed by atoms with E-state index in [9.17, 15) is 0 Å². The molecule has 1 aromatic carbocycles. The van der Waals surface area contributed by atoms with Crippen molar-refractivity contribution < 1.29 is 4.42 Å². The number of nitrogens with zero attached hydrogens (tertiary/aromatic N) is 1. The average Bonchev–Trinajstić information content (AvgIpc) is 2.64. The molecule has 0 spiro atoms. The predicted molar refractivity (Wildman–Crippen MR) is 69.9 cm³/mol. The fourth-order valence-corrected chi connectivity index (χ4v) is 1.92. The standard InChI is InChI=1S/C14H18N2O/c1-8(2)13-12(16-14(15)17-13)11-7-9(3)5-6-10(11)4/h5-8H,1-4H3,(H2,15,16). The van der Waals surface area contributed by atoms with Crippen LogP contribution in [0.5, 0.6) is 0 Å². The lowest BCUT2D eigenvalue weighted by Crippen LogP contribution is -1.92. The third kappa shape index (κ3) is 2.18. The van der Waals surface area contributed by atoms with Crippen molar-refractivity contribution in [3.8, 4) is 11.3 Å². The molecule has 1 heterocycles. The second kappa shape index (κ2) is 4.24. The number of aromatic nitrogens is 1. The van der Waals surface area contributed by atoms with Gasteiger partial charge in [-0.1, -0.05) is 31.5 Å². The molecule has 0 unspecified atom stereocenters. The molecule has 0 saturated heterocycles. The summed E-state index contributed by atoms with van der Waals surface area (Å²) in [6, 6.07) is 6.56. The molecule has 0 aliphatic rings. The maximum Gasteiger partial charge on any atom is 0.292 e. The minimum atomic E-state index is 0.240. The molecule has 3 heteroatoms. The zero-order chi connectivity index (χ0) is 12.6. The minimum Gasteiger partial charge on any atom is -0.428 e. The number of nitrogen functional groups attached to an aromatic ring is 1. The number of aryl methyl sites for hydroxylation is 2. The second-order valence-electron chi connectivity index (χ2n) is 4.74. The highest BCUT2D eigenvalue weighted by atomic mass is 16.4. The van der Waals surface area contributed by atoms with Crippen LogP contribution in [0.15, 0.2) is 22.6 Å². The molecule has 17 heavy (non-hydrogen) atoms. The molecule has 0 saturated carbocycles. The SMILES string of the molecule is Cc1ccc(C)c(-c2nc(N)oc2C(C)C)c1. The van der Waals surface area contributed by atoms with Gasteiger partial charge in [-0.15, -0.1) is 0 Å². The Hall–Kier alpha value is -1.77. The summed E-state index contributed by atoms with van der Waals surface area (Å²) in [6.45, 7) is 8.30. The lowest BCUT2D eigenvalue weighted by Gasteiger charge is -2.07. The third-order valence-corrected chi connectivity index (χ3v) is 2.84. The smallest absolute Gasteiger partial charge is 0.292 e. The topological polar surface area (TPSA) is 52.0 Å². The van der Waals surface area contributed by atoms with E-state index in [1.54, 1.807) is 0 Å². The van der Waals surface area contributed by atoms with Crippen LogP contribution < -0.4 is 5.73 Å². The lowest BCUT2D eigenvalue weighted by atomic mass is 9.99. The number of anilines is 1. The van der Waals surface area contributed by atoms with Crippen molar-refractivity contribution >= 4 is 6.01 Å². The van der Waals surface area contributed by atoms with E-state index >= 15 is 0 Å². The summed E-state index contributed by atoms with van der Waals surface area (Å²) >= 11 is 0. The van der Waals surface area contributed by atoms with Gasteiger partial charge in [-0.3, -0.25) is 0 Å². The molecule has 0 amide bonds. The molecule has 0 radical (unpaired) electrons. The van der Waals surface area contributed by atoms with Crippen molar-refractivity contribution in [3.05, 3.63) is 35.1 Å². The number of benzene rings is 1. The molecular weight excluding hydrogens is 212 g/mol. The fourth-order valence-electron chi connectivity index (χ4n) is 1.92. The van der Waals surface area contributed by atoms with Crippen LogP contribution in [0, 0.1) is 13.8 Å². The maximum atomic E-state index is 5.66. The van der Waals surface area contributed by atoms with Gasteiger partial charge in [0, 0.05) is 11.5 Å². The van der Waals surface area contributed by atoms with Crippen molar-refractivity contribution in [2.45, 2.75) is 33.6 Å². The van der Waals surface area contributed by atoms with Gasteiger partial charge in [0.2, 0.25) is 0 Å². The molecule has 0 bridgehead atoms. The summed E-state index contributed by atoms with van der Waals surface area (Å²) in [5, 5.41) is 0. The van der Waals surface area contributed by atoms with Crippen LogP contribution in [0.3, 0.4) is 0 Å². The van der Waals surface area contributed by atoms with Crippen LogP contribution in [0.1, 0.15) is 36.7 Å². The van der Waals surface area contributed by atoms with Crippen LogP contribution in [0.4, 0.5) is 6.01 Å². The number of rotatable bonds is 2. The van der Waals surface area contributed by atoms with Crippen molar-refractivity contribution in [2.24, 2.45) is 0 Å². The van der Waals surface area contributed by atoms with Gasteiger partial charge < -0.3 is 10.2 Å². The molecule has 0 aliphatic heterocycles. The minimum absolute atomic E-state index is 0.240. The van der Waals surface area contributed by atoms with Gasteiger partial charge >= 0.3 is 0 Å². The zero-order valence-electron chi connectivity index (χ0n) is 10.7. The summed E-state index contributed by atoms with van der Waals surface area (Å²) in [7, 11) is 0. The summed E-state index contributed by atoms with van der Waals surface area (Å²) in [6.07, 6.45) is 0. The molecule has 0 atom stereocenters. The molecule has 0 fully saturated rings. The van der Waals surface area contributed by atoms with E-state index in [-0.39, 0.29) is 11.9 Å². The van der Waals surface area contributed by atoms with Gasteiger partial charge in [-0.2, -0.15) is 4.98 Å². The molecule has 1 aromatic heterocycles. The molecule has 2 rings (SSSR count). The summed E-state index contributed by atoms with van der Waals surface area (Å²) in [4.78, 5) is 4.32. The number of oxazole rings is 1. The van der Waals surface area contributed by atoms with Crippen LogP contribution in [0.2, 0.25) is 0 Å². The lowest BCUT2D eigenvalue weighted by molar-refractivity contribution is 0.500. The maximum absolute atomic E-state index is 5.66. The van der Waals surface area contributed by atoms with E-state index in [0.29, 0.717) is 0 Å². The van der Waals surface area contributed by atoms with E-state index in [1.807, 2.05) is 0 Å². The predicted octanol–water partition coefficient (Wildman–Crippen LogP) is 3.66. The Morgan fingerprint density at radius 2 is 1.94 bits per heavy atom. The van der Waals surface area contributed by atoms with E-state index < -0.39 is 0 Å². The Kier molecular flexibility index (Phi) is 2.92. The molecule has 2 N–H and O–H groups in total. The molecule has 0 aliphatic carbocycles. The Balaban J connectivity index is 2.63.